The SMILES string of the molecule is OCC#Cc1csc(CN2CCC(O)(Cc3ccccc3)CC2)c1. The quantitative estimate of drug-likeness (QED) is 0.841. The van der Waals surface area contributed by atoms with Crippen molar-refractivity contribution in [3.63, 3.8) is 0 Å². The molecule has 1 fully saturated rings. The molecule has 0 bridgehead atoms. The van der Waals surface area contributed by atoms with E-state index in [-0.39, 0.29) is 6.61 Å². The van der Waals surface area contributed by atoms with Crippen LogP contribution in [0.25, 0.3) is 0 Å². The highest BCUT2D eigenvalue weighted by Gasteiger charge is 2.32. The molecule has 2 N–H and O–H groups in total. The first-order valence-electron chi connectivity index (χ1n) is 8.33. The Morgan fingerprint density at radius 3 is 2.62 bits per heavy atom. The van der Waals surface area contributed by atoms with Crippen molar-refractivity contribution in [1.29, 1.82) is 0 Å². The molecule has 0 atom stereocenters. The summed E-state index contributed by atoms with van der Waals surface area (Å²) in [6, 6.07) is 12.3. The van der Waals surface area contributed by atoms with Gasteiger partial charge in [0.05, 0.1) is 5.60 Å². The normalized spacial score (nSPS) is 17.2. The lowest BCUT2D eigenvalue weighted by Crippen LogP contribution is -2.45. The smallest absolute Gasteiger partial charge is 0.104 e. The summed E-state index contributed by atoms with van der Waals surface area (Å²) in [4.78, 5) is 3.68. The van der Waals surface area contributed by atoms with Crippen LogP contribution in [0, 0.1) is 11.8 Å². The monoisotopic (exact) mass is 341 g/mol. The van der Waals surface area contributed by atoms with E-state index in [1.54, 1.807) is 11.3 Å². The number of hydrogen-bond donors (Lipinski definition) is 2. The van der Waals surface area contributed by atoms with Gasteiger partial charge in [-0.3, -0.25) is 4.90 Å². The van der Waals surface area contributed by atoms with E-state index in [9.17, 15) is 5.11 Å². The number of benzene rings is 1. The van der Waals surface area contributed by atoms with Gasteiger partial charge in [0.15, 0.2) is 0 Å². The second-order valence-electron chi connectivity index (χ2n) is 6.42. The Labute approximate surface area is 147 Å². The molecular weight excluding hydrogens is 318 g/mol. The maximum atomic E-state index is 10.8. The van der Waals surface area contributed by atoms with Crippen LogP contribution in [0.1, 0.15) is 28.8 Å². The number of aliphatic hydroxyl groups is 2. The molecule has 1 aromatic heterocycles. The average molecular weight is 341 g/mol. The highest BCUT2D eigenvalue weighted by atomic mass is 32.1. The molecule has 0 radical (unpaired) electrons. The van der Waals surface area contributed by atoms with Crippen LogP contribution in [0.3, 0.4) is 0 Å². The van der Waals surface area contributed by atoms with Gasteiger partial charge in [0, 0.05) is 41.9 Å². The maximum Gasteiger partial charge on any atom is 0.104 e. The van der Waals surface area contributed by atoms with Gasteiger partial charge in [-0.1, -0.05) is 42.2 Å². The zero-order valence-corrected chi connectivity index (χ0v) is 14.6. The number of aliphatic hydroxyl groups excluding tert-OH is 1. The van der Waals surface area contributed by atoms with E-state index in [2.05, 4.69) is 34.9 Å². The molecule has 0 unspecified atom stereocenters. The number of piperidine rings is 1. The van der Waals surface area contributed by atoms with E-state index < -0.39 is 5.60 Å². The van der Waals surface area contributed by atoms with Crippen LogP contribution < -0.4 is 0 Å². The minimum atomic E-state index is -0.578. The summed E-state index contributed by atoms with van der Waals surface area (Å²) >= 11 is 1.71. The topological polar surface area (TPSA) is 43.7 Å². The first-order valence-corrected chi connectivity index (χ1v) is 9.21. The molecule has 0 spiro atoms. The molecular formula is C20H23NO2S. The summed E-state index contributed by atoms with van der Waals surface area (Å²) < 4.78 is 0. The predicted molar refractivity (Wildman–Crippen MR) is 97.9 cm³/mol. The van der Waals surface area contributed by atoms with Gasteiger partial charge in [0.25, 0.3) is 0 Å². The molecule has 1 aliphatic heterocycles. The van der Waals surface area contributed by atoms with Gasteiger partial charge in [-0.2, -0.15) is 0 Å². The molecule has 24 heavy (non-hydrogen) atoms. The van der Waals surface area contributed by atoms with E-state index in [1.165, 1.54) is 10.4 Å². The Bertz CT molecular complexity index is 706. The number of likely N-dealkylation sites (tertiary alicyclic amines) is 1. The van der Waals surface area contributed by atoms with E-state index in [1.807, 2.05) is 23.6 Å². The fraction of sp³-hybridized carbons (Fsp3) is 0.400. The lowest BCUT2D eigenvalue weighted by molar-refractivity contribution is -0.0222. The second-order valence-corrected chi connectivity index (χ2v) is 7.42. The van der Waals surface area contributed by atoms with Gasteiger partial charge >= 0.3 is 0 Å². The molecule has 3 rings (SSSR count). The maximum absolute atomic E-state index is 10.8. The van der Waals surface area contributed by atoms with E-state index in [0.29, 0.717) is 0 Å². The Morgan fingerprint density at radius 2 is 1.92 bits per heavy atom. The van der Waals surface area contributed by atoms with Crippen molar-refractivity contribution in [2.24, 2.45) is 0 Å². The lowest BCUT2D eigenvalue weighted by atomic mass is 9.85. The standard InChI is InChI=1S/C20H23NO2S/c22-12-4-7-18-13-19(24-16-18)15-21-10-8-20(23,9-11-21)14-17-5-2-1-3-6-17/h1-3,5-6,13,16,22-23H,8-12,14-15H2. The van der Waals surface area contributed by atoms with Gasteiger partial charge in [-0.25, -0.2) is 0 Å². The zero-order chi connectivity index (χ0) is 16.8. The van der Waals surface area contributed by atoms with E-state index >= 15 is 0 Å². The third kappa shape index (κ3) is 4.68. The van der Waals surface area contributed by atoms with E-state index in [4.69, 9.17) is 5.11 Å². The molecule has 1 aliphatic rings. The molecule has 126 valence electrons. The molecule has 2 heterocycles. The van der Waals surface area contributed by atoms with Gasteiger partial charge < -0.3 is 10.2 Å². The van der Waals surface area contributed by atoms with Gasteiger partial charge in [0.2, 0.25) is 0 Å². The van der Waals surface area contributed by atoms with Crippen molar-refractivity contribution in [1.82, 2.24) is 4.90 Å². The Morgan fingerprint density at radius 1 is 1.17 bits per heavy atom. The summed E-state index contributed by atoms with van der Waals surface area (Å²) in [7, 11) is 0. The summed E-state index contributed by atoms with van der Waals surface area (Å²) in [5.41, 5.74) is 1.60. The number of rotatable bonds is 4. The van der Waals surface area contributed by atoms with Crippen molar-refractivity contribution >= 4 is 11.3 Å². The summed E-state index contributed by atoms with van der Waals surface area (Å²) in [5.74, 6) is 5.63. The largest absolute Gasteiger partial charge is 0.389 e. The Balaban J connectivity index is 1.52. The molecule has 0 amide bonds. The molecule has 1 aromatic carbocycles. The van der Waals surface area contributed by atoms with Crippen LogP contribution >= 0.6 is 11.3 Å². The number of thiophene rings is 1. The van der Waals surface area contributed by atoms with Crippen molar-refractivity contribution in [3.8, 4) is 11.8 Å². The van der Waals surface area contributed by atoms with Crippen molar-refractivity contribution in [2.75, 3.05) is 19.7 Å². The average Bonchev–Trinajstić information content (AvgIpc) is 3.03. The van der Waals surface area contributed by atoms with Crippen LogP contribution in [0.2, 0.25) is 0 Å². The van der Waals surface area contributed by atoms with Gasteiger partial charge in [-0.15, -0.1) is 11.3 Å². The summed E-state index contributed by atoms with van der Waals surface area (Å²) in [5, 5.41) is 21.6. The first-order chi connectivity index (χ1) is 11.7. The third-order valence-corrected chi connectivity index (χ3v) is 5.43. The van der Waals surface area contributed by atoms with Crippen LogP contribution in [0.15, 0.2) is 41.8 Å². The summed E-state index contributed by atoms with van der Waals surface area (Å²) in [6.45, 7) is 2.64. The molecule has 1 saturated heterocycles. The molecule has 0 saturated carbocycles. The van der Waals surface area contributed by atoms with Crippen LogP contribution in [0.4, 0.5) is 0 Å². The molecule has 4 heteroatoms. The minimum absolute atomic E-state index is 0.0999. The molecule has 3 nitrogen and oxygen atoms in total. The number of nitrogens with zero attached hydrogens (tertiary/aromatic N) is 1. The Kier molecular flexibility index (Phi) is 5.70. The molecule has 0 aliphatic carbocycles. The zero-order valence-electron chi connectivity index (χ0n) is 13.7. The van der Waals surface area contributed by atoms with Crippen LogP contribution in [-0.2, 0) is 13.0 Å². The lowest BCUT2D eigenvalue weighted by Gasteiger charge is -2.38. The molecule has 2 aromatic rings. The minimum Gasteiger partial charge on any atom is -0.389 e. The van der Waals surface area contributed by atoms with Crippen molar-refractivity contribution < 1.29 is 10.2 Å². The first kappa shape index (κ1) is 17.2. The second kappa shape index (κ2) is 7.96. The van der Waals surface area contributed by atoms with Crippen LogP contribution in [-0.4, -0.2) is 40.4 Å². The highest BCUT2D eigenvalue weighted by Crippen LogP contribution is 2.28. The van der Waals surface area contributed by atoms with E-state index in [0.717, 1.165) is 44.5 Å². The fourth-order valence-corrected chi connectivity index (χ4v) is 4.03. The van der Waals surface area contributed by atoms with Crippen molar-refractivity contribution in [2.45, 2.75) is 31.4 Å². The van der Waals surface area contributed by atoms with Gasteiger partial charge in [-0.05, 0) is 24.5 Å². The van der Waals surface area contributed by atoms with Gasteiger partial charge in [0.1, 0.15) is 6.61 Å². The van der Waals surface area contributed by atoms with Crippen molar-refractivity contribution in [3.05, 3.63) is 57.8 Å². The highest BCUT2D eigenvalue weighted by molar-refractivity contribution is 7.10. The number of hydrogen-bond acceptors (Lipinski definition) is 4. The van der Waals surface area contributed by atoms with Crippen LogP contribution in [0.5, 0.6) is 0 Å². The third-order valence-electron chi connectivity index (χ3n) is 4.51. The Hall–Kier alpha value is -1.64. The predicted octanol–water partition coefficient (Wildman–Crippen LogP) is 2.66. The fourth-order valence-electron chi connectivity index (χ4n) is 3.17. The summed E-state index contributed by atoms with van der Waals surface area (Å²) in [6.07, 6.45) is 2.36.